The van der Waals surface area contributed by atoms with Gasteiger partial charge in [-0.1, -0.05) is 35.9 Å². The molecule has 1 nitrogen and oxygen atoms in total. The smallest absolute Gasteiger partial charge is 0.130 e. The number of benzene rings is 2. The zero-order chi connectivity index (χ0) is 13.1. The summed E-state index contributed by atoms with van der Waals surface area (Å²) in [6.07, 6.45) is 0. The van der Waals surface area contributed by atoms with Crippen LogP contribution >= 0.6 is 11.6 Å². The third-order valence-corrected chi connectivity index (χ3v) is 3.35. The molecule has 0 spiro atoms. The van der Waals surface area contributed by atoms with Crippen LogP contribution < -0.4 is 4.74 Å². The van der Waals surface area contributed by atoms with Gasteiger partial charge in [0.2, 0.25) is 0 Å². The molecule has 0 heterocycles. The molecular weight excluding hydrogens is 244 g/mol. The predicted molar refractivity (Wildman–Crippen MR) is 76.4 cm³/mol. The quantitative estimate of drug-likeness (QED) is 0.768. The zero-order valence-corrected chi connectivity index (χ0v) is 11.6. The van der Waals surface area contributed by atoms with E-state index in [1.165, 1.54) is 5.56 Å². The van der Waals surface area contributed by atoms with Gasteiger partial charge in [-0.15, -0.1) is 0 Å². The normalized spacial score (nSPS) is 10.4. The minimum absolute atomic E-state index is 0.641. The van der Waals surface area contributed by atoms with Crippen LogP contribution in [0.25, 0.3) is 11.1 Å². The molecule has 0 atom stereocenters. The van der Waals surface area contributed by atoms with Crippen molar-refractivity contribution >= 4 is 11.6 Å². The molecule has 0 aromatic heterocycles. The predicted octanol–water partition coefficient (Wildman–Crippen LogP) is 4.82. The van der Waals surface area contributed by atoms with Gasteiger partial charge in [0, 0.05) is 16.1 Å². The van der Waals surface area contributed by atoms with E-state index in [0.29, 0.717) is 11.6 Å². The molecule has 18 heavy (non-hydrogen) atoms. The molecule has 2 aromatic carbocycles. The summed E-state index contributed by atoms with van der Waals surface area (Å²) in [6.45, 7) is 6.78. The molecule has 2 heteroatoms. The van der Waals surface area contributed by atoms with Gasteiger partial charge < -0.3 is 4.74 Å². The van der Waals surface area contributed by atoms with Crippen LogP contribution in [0.4, 0.5) is 0 Å². The summed E-state index contributed by atoms with van der Waals surface area (Å²) in [7, 11) is 0. The molecule has 0 bridgehead atoms. The maximum absolute atomic E-state index is 6.24. The fourth-order valence-corrected chi connectivity index (χ4v) is 2.17. The van der Waals surface area contributed by atoms with Crippen molar-refractivity contribution in [1.82, 2.24) is 0 Å². The van der Waals surface area contributed by atoms with Gasteiger partial charge >= 0.3 is 0 Å². The van der Waals surface area contributed by atoms with Gasteiger partial charge in [0.25, 0.3) is 0 Å². The SMILES string of the molecule is CCOc1c(-c2[c]cccc2Cl)ccc(C)c1C. The van der Waals surface area contributed by atoms with Crippen LogP contribution in [0.2, 0.25) is 5.02 Å². The van der Waals surface area contributed by atoms with Crippen molar-refractivity contribution in [3.63, 3.8) is 0 Å². The van der Waals surface area contributed by atoms with Gasteiger partial charge in [0.05, 0.1) is 6.61 Å². The Morgan fingerprint density at radius 3 is 2.67 bits per heavy atom. The average Bonchev–Trinajstić information content (AvgIpc) is 2.37. The van der Waals surface area contributed by atoms with Crippen molar-refractivity contribution in [1.29, 1.82) is 0 Å². The van der Waals surface area contributed by atoms with Crippen molar-refractivity contribution in [2.45, 2.75) is 20.8 Å². The molecule has 0 aliphatic rings. The highest BCUT2D eigenvalue weighted by atomic mass is 35.5. The Balaban J connectivity index is 2.64. The first-order valence-electron chi connectivity index (χ1n) is 6.04. The van der Waals surface area contributed by atoms with Crippen LogP contribution in [0, 0.1) is 19.9 Å². The molecule has 2 rings (SSSR count). The van der Waals surface area contributed by atoms with Crippen LogP contribution in [0.1, 0.15) is 18.1 Å². The third kappa shape index (κ3) is 2.37. The van der Waals surface area contributed by atoms with Gasteiger partial charge in [0.15, 0.2) is 0 Å². The Labute approximate surface area is 113 Å². The van der Waals surface area contributed by atoms with E-state index >= 15 is 0 Å². The van der Waals surface area contributed by atoms with Crippen molar-refractivity contribution in [2.75, 3.05) is 6.61 Å². The van der Waals surface area contributed by atoms with E-state index in [0.717, 1.165) is 22.4 Å². The van der Waals surface area contributed by atoms with Crippen molar-refractivity contribution < 1.29 is 4.74 Å². The molecule has 0 amide bonds. The molecule has 1 radical (unpaired) electrons. The second-order valence-corrected chi connectivity index (χ2v) is 4.62. The highest BCUT2D eigenvalue weighted by Gasteiger charge is 2.13. The van der Waals surface area contributed by atoms with Crippen LogP contribution in [0.15, 0.2) is 30.3 Å². The van der Waals surface area contributed by atoms with Gasteiger partial charge in [-0.25, -0.2) is 0 Å². The van der Waals surface area contributed by atoms with E-state index in [9.17, 15) is 0 Å². The number of halogens is 1. The fourth-order valence-electron chi connectivity index (χ4n) is 1.94. The highest BCUT2D eigenvalue weighted by molar-refractivity contribution is 6.33. The van der Waals surface area contributed by atoms with E-state index in [4.69, 9.17) is 16.3 Å². The van der Waals surface area contributed by atoms with E-state index in [1.54, 1.807) is 0 Å². The van der Waals surface area contributed by atoms with Crippen LogP contribution in [-0.2, 0) is 0 Å². The monoisotopic (exact) mass is 259 g/mol. The minimum Gasteiger partial charge on any atom is -0.493 e. The fraction of sp³-hybridized carbons (Fsp3) is 0.250. The Hall–Kier alpha value is -1.47. The number of hydrogen-bond donors (Lipinski definition) is 0. The summed E-state index contributed by atoms with van der Waals surface area (Å²) >= 11 is 6.24. The summed E-state index contributed by atoms with van der Waals surface area (Å²) in [5.41, 5.74) is 4.27. The largest absolute Gasteiger partial charge is 0.493 e. The topological polar surface area (TPSA) is 9.23 Å². The van der Waals surface area contributed by atoms with Gasteiger partial charge in [-0.05, 0) is 44.0 Å². The number of rotatable bonds is 3. The lowest BCUT2D eigenvalue weighted by atomic mass is 9.98. The average molecular weight is 260 g/mol. The Morgan fingerprint density at radius 2 is 2.00 bits per heavy atom. The molecule has 2 aromatic rings. The van der Waals surface area contributed by atoms with Crippen molar-refractivity contribution in [3.05, 3.63) is 52.5 Å². The van der Waals surface area contributed by atoms with E-state index in [-0.39, 0.29) is 0 Å². The maximum atomic E-state index is 6.24. The van der Waals surface area contributed by atoms with E-state index in [1.807, 2.05) is 31.2 Å². The number of hydrogen-bond acceptors (Lipinski definition) is 1. The highest BCUT2D eigenvalue weighted by Crippen LogP contribution is 2.37. The summed E-state index contributed by atoms with van der Waals surface area (Å²) in [6, 6.07) is 12.9. The zero-order valence-electron chi connectivity index (χ0n) is 10.9. The van der Waals surface area contributed by atoms with Crippen molar-refractivity contribution in [2.24, 2.45) is 0 Å². The lowest BCUT2D eigenvalue weighted by Gasteiger charge is -2.15. The van der Waals surface area contributed by atoms with Gasteiger partial charge in [-0.2, -0.15) is 0 Å². The lowest BCUT2D eigenvalue weighted by molar-refractivity contribution is 0.339. The summed E-state index contributed by atoms with van der Waals surface area (Å²) in [5.74, 6) is 0.904. The van der Waals surface area contributed by atoms with E-state index < -0.39 is 0 Å². The molecule has 0 saturated carbocycles. The van der Waals surface area contributed by atoms with Gasteiger partial charge in [0.1, 0.15) is 5.75 Å². The lowest BCUT2D eigenvalue weighted by Crippen LogP contribution is -1.98. The molecule has 0 N–H and O–H groups in total. The standard InChI is InChI=1S/C16H16ClO/c1-4-18-16-12(3)11(2)9-10-14(16)13-7-5-6-8-15(13)17/h5-6,8-10H,4H2,1-3H3. The molecule has 0 fully saturated rings. The molecular formula is C16H16ClO. The Bertz CT molecular complexity index is 561. The summed E-state index contributed by atoms with van der Waals surface area (Å²) in [5, 5.41) is 0.696. The Kier molecular flexibility index (Phi) is 3.93. The first-order chi connectivity index (χ1) is 8.65. The molecule has 0 saturated heterocycles. The van der Waals surface area contributed by atoms with Crippen LogP contribution in [-0.4, -0.2) is 6.61 Å². The first-order valence-corrected chi connectivity index (χ1v) is 6.42. The first kappa shape index (κ1) is 13.0. The molecule has 0 unspecified atom stereocenters. The second-order valence-electron chi connectivity index (χ2n) is 4.21. The van der Waals surface area contributed by atoms with Crippen LogP contribution in [0.5, 0.6) is 5.75 Å². The summed E-state index contributed by atoms with van der Waals surface area (Å²) < 4.78 is 5.78. The summed E-state index contributed by atoms with van der Waals surface area (Å²) in [4.78, 5) is 0. The minimum atomic E-state index is 0.641. The Morgan fingerprint density at radius 1 is 1.22 bits per heavy atom. The third-order valence-electron chi connectivity index (χ3n) is 3.04. The van der Waals surface area contributed by atoms with Crippen molar-refractivity contribution in [3.8, 4) is 16.9 Å². The number of ether oxygens (including phenoxy) is 1. The molecule has 93 valence electrons. The van der Waals surface area contributed by atoms with Gasteiger partial charge in [-0.3, -0.25) is 0 Å². The molecule has 0 aliphatic carbocycles. The molecule has 0 aliphatic heterocycles. The van der Waals surface area contributed by atoms with Crippen LogP contribution in [0.3, 0.4) is 0 Å². The second kappa shape index (κ2) is 5.45. The number of aryl methyl sites for hydroxylation is 1. The van der Waals surface area contributed by atoms with E-state index in [2.05, 4.69) is 26.0 Å². The maximum Gasteiger partial charge on any atom is 0.130 e.